The van der Waals surface area contributed by atoms with Gasteiger partial charge in [0.1, 0.15) is 18.4 Å². The average molecular weight is 588 g/mol. The van der Waals surface area contributed by atoms with Gasteiger partial charge in [-0.2, -0.15) is 12.7 Å². The van der Waals surface area contributed by atoms with Crippen molar-refractivity contribution in [3.63, 3.8) is 0 Å². The maximum atomic E-state index is 14.8. The van der Waals surface area contributed by atoms with E-state index in [4.69, 9.17) is 23.2 Å². The van der Waals surface area contributed by atoms with Crippen LogP contribution in [-0.4, -0.2) is 62.2 Å². The molecule has 0 spiro atoms. The Bertz CT molecular complexity index is 1240. The second kappa shape index (κ2) is 13.1. The zero-order valence-corrected chi connectivity index (χ0v) is 24.0. The summed E-state index contributed by atoms with van der Waals surface area (Å²) < 4.78 is 42.8. The van der Waals surface area contributed by atoms with Crippen LogP contribution in [-0.2, 0) is 26.3 Å². The van der Waals surface area contributed by atoms with Gasteiger partial charge in [0.05, 0.1) is 5.69 Å². The smallest absolute Gasteiger partial charge is 0.304 e. The SMILES string of the molecule is CCC(C(=O)NC1CCCC1)N(Cc1c(Cl)cccc1Cl)C(=O)CN(c1ccccc1F)S(=O)(=O)N(C)C. The van der Waals surface area contributed by atoms with Crippen LogP contribution in [0.3, 0.4) is 0 Å². The van der Waals surface area contributed by atoms with E-state index in [9.17, 15) is 22.4 Å². The minimum absolute atomic E-state index is 0.0152. The minimum atomic E-state index is -4.28. The molecule has 8 nitrogen and oxygen atoms in total. The highest BCUT2D eigenvalue weighted by molar-refractivity contribution is 7.90. The molecule has 0 saturated heterocycles. The molecule has 1 unspecified atom stereocenters. The van der Waals surface area contributed by atoms with Crippen LogP contribution in [0.4, 0.5) is 10.1 Å². The van der Waals surface area contributed by atoms with Gasteiger partial charge in [0.2, 0.25) is 11.8 Å². The van der Waals surface area contributed by atoms with Crippen LogP contribution in [0.2, 0.25) is 10.0 Å². The standard InChI is InChI=1S/C26H33Cl2FN4O4S/c1-4-23(26(35)30-18-10-5-6-11-18)32(16-19-20(27)12-9-13-21(19)28)25(34)17-33(38(36,37)31(2)3)24-15-8-7-14-22(24)29/h7-9,12-15,18,23H,4-6,10-11,16-17H2,1-3H3,(H,30,35). The van der Waals surface area contributed by atoms with Gasteiger partial charge in [-0.3, -0.25) is 9.59 Å². The molecule has 1 aliphatic carbocycles. The summed E-state index contributed by atoms with van der Waals surface area (Å²) in [6, 6.07) is 9.28. The fraction of sp³-hybridized carbons (Fsp3) is 0.462. The first-order valence-electron chi connectivity index (χ1n) is 12.4. The highest BCUT2D eigenvalue weighted by atomic mass is 35.5. The summed E-state index contributed by atoms with van der Waals surface area (Å²) in [6.07, 6.45) is 3.99. The van der Waals surface area contributed by atoms with Crippen molar-refractivity contribution in [2.24, 2.45) is 0 Å². The zero-order valence-electron chi connectivity index (χ0n) is 21.7. The first-order chi connectivity index (χ1) is 18.0. The molecule has 2 aromatic carbocycles. The number of para-hydroxylation sites is 1. The first-order valence-corrected chi connectivity index (χ1v) is 14.6. The Labute approximate surface area is 233 Å². The van der Waals surface area contributed by atoms with E-state index in [0.717, 1.165) is 36.1 Å². The molecule has 0 radical (unpaired) electrons. The van der Waals surface area contributed by atoms with E-state index in [2.05, 4.69) is 5.32 Å². The average Bonchev–Trinajstić information content (AvgIpc) is 3.37. The lowest BCUT2D eigenvalue weighted by Gasteiger charge is -2.34. The number of nitrogens with one attached hydrogen (secondary N) is 1. The molecule has 1 saturated carbocycles. The molecule has 208 valence electrons. The normalized spacial score (nSPS) is 14.9. The molecule has 2 aromatic rings. The molecule has 1 fully saturated rings. The van der Waals surface area contributed by atoms with Gasteiger partial charge in [0.25, 0.3) is 0 Å². The lowest BCUT2D eigenvalue weighted by molar-refractivity contribution is -0.140. The molecule has 1 aliphatic rings. The second-order valence-electron chi connectivity index (χ2n) is 9.38. The third-order valence-corrected chi connectivity index (χ3v) is 9.13. The van der Waals surface area contributed by atoms with Gasteiger partial charge in [-0.15, -0.1) is 0 Å². The third kappa shape index (κ3) is 6.97. The molecule has 1 atom stereocenters. The number of anilines is 1. The maximum absolute atomic E-state index is 14.8. The number of rotatable bonds is 11. The Morgan fingerprint density at radius 2 is 1.66 bits per heavy atom. The summed E-state index contributed by atoms with van der Waals surface area (Å²) >= 11 is 12.8. The van der Waals surface area contributed by atoms with Crippen LogP contribution in [0, 0.1) is 5.82 Å². The molecule has 2 amide bonds. The zero-order chi connectivity index (χ0) is 28.0. The van der Waals surface area contributed by atoms with Crippen LogP contribution >= 0.6 is 23.2 Å². The van der Waals surface area contributed by atoms with Crippen molar-refractivity contribution in [2.75, 3.05) is 24.9 Å². The monoisotopic (exact) mass is 586 g/mol. The van der Waals surface area contributed by atoms with Crippen molar-refractivity contribution in [1.82, 2.24) is 14.5 Å². The fourth-order valence-electron chi connectivity index (χ4n) is 4.50. The van der Waals surface area contributed by atoms with E-state index >= 15 is 0 Å². The molecule has 0 aromatic heterocycles. The summed E-state index contributed by atoms with van der Waals surface area (Å²) in [5, 5.41) is 3.62. The maximum Gasteiger partial charge on any atom is 0.304 e. The van der Waals surface area contributed by atoms with Crippen molar-refractivity contribution in [2.45, 2.75) is 57.7 Å². The molecule has 12 heteroatoms. The van der Waals surface area contributed by atoms with Gasteiger partial charge in [0, 0.05) is 42.3 Å². The van der Waals surface area contributed by atoms with Crippen LogP contribution in [0.1, 0.15) is 44.6 Å². The number of amides is 2. The molecule has 0 heterocycles. The Morgan fingerprint density at radius 1 is 1.05 bits per heavy atom. The lowest BCUT2D eigenvalue weighted by Crippen LogP contribution is -2.54. The Hall–Kier alpha value is -2.40. The highest BCUT2D eigenvalue weighted by Crippen LogP contribution is 2.29. The molecular formula is C26H33Cl2FN4O4S. The minimum Gasteiger partial charge on any atom is -0.352 e. The number of hydrogen-bond donors (Lipinski definition) is 1. The Morgan fingerprint density at radius 3 is 2.21 bits per heavy atom. The molecular weight excluding hydrogens is 554 g/mol. The molecule has 38 heavy (non-hydrogen) atoms. The topological polar surface area (TPSA) is 90.0 Å². The number of halogens is 3. The Balaban J connectivity index is 2.02. The lowest BCUT2D eigenvalue weighted by atomic mass is 10.1. The third-order valence-electron chi connectivity index (χ3n) is 6.62. The van der Waals surface area contributed by atoms with Gasteiger partial charge in [-0.1, -0.05) is 61.2 Å². The highest BCUT2D eigenvalue weighted by Gasteiger charge is 2.35. The van der Waals surface area contributed by atoms with E-state index in [-0.39, 0.29) is 30.6 Å². The van der Waals surface area contributed by atoms with Crippen LogP contribution in [0.25, 0.3) is 0 Å². The fourth-order valence-corrected chi connectivity index (χ4v) is 6.08. The van der Waals surface area contributed by atoms with Crippen LogP contribution < -0.4 is 9.62 Å². The second-order valence-corrected chi connectivity index (χ2v) is 12.3. The van der Waals surface area contributed by atoms with Crippen molar-refractivity contribution < 1.29 is 22.4 Å². The summed E-state index contributed by atoms with van der Waals surface area (Å²) in [5.41, 5.74) is 0.137. The van der Waals surface area contributed by atoms with Crippen molar-refractivity contribution in [3.05, 3.63) is 63.9 Å². The number of nitrogens with zero attached hydrogens (tertiary/aromatic N) is 3. The van der Waals surface area contributed by atoms with Crippen molar-refractivity contribution in [3.8, 4) is 0 Å². The van der Waals surface area contributed by atoms with E-state index in [1.165, 1.54) is 37.2 Å². The quantitative estimate of drug-likeness (QED) is 0.416. The van der Waals surface area contributed by atoms with Gasteiger partial charge >= 0.3 is 10.2 Å². The molecule has 3 rings (SSSR count). The summed E-state index contributed by atoms with van der Waals surface area (Å²) in [4.78, 5) is 28.5. The van der Waals surface area contributed by atoms with Crippen LogP contribution in [0.15, 0.2) is 42.5 Å². The number of carbonyl (C=O) groups is 2. The van der Waals surface area contributed by atoms with Crippen molar-refractivity contribution >= 4 is 50.9 Å². The van der Waals surface area contributed by atoms with E-state index in [1.54, 1.807) is 25.1 Å². The van der Waals surface area contributed by atoms with Gasteiger partial charge < -0.3 is 10.2 Å². The summed E-state index contributed by atoms with van der Waals surface area (Å²) in [7, 11) is -1.70. The van der Waals surface area contributed by atoms with Crippen molar-refractivity contribution in [1.29, 1.82) is 0 Å². The predicted molar refractivity (Wildman–Crippen MR) is 148 cm³/mol. The predicted octanol–water partition coefficient (Wildman–Crippen LogP) is 4.61. The summed E-state index contributed by atoms with van der Waals surface area (Å²) in [5.74, 6) is -1.86. The number of benzene rings is 2. The molecule has 1 N–H and O–H groups in total. The van der Waals surface area contributed by atoms with Gasteiger partial charge in [-0.05, 0) is 43.5 Å². The molecule has 0 aliphatic heterocycles. The van der Waals surface area contributed by atoms with E-state index in [1.807, 2.05) is 0 Å². The number of hydrogen-bond acceptors (Lipinski definition) is 4. The van der Waals surface area contributed by atoms with Gasteiger partial charge in [-0.25, -0.2) is 8.70 Å². The number of carbonyl (C=O) groups excluding carboxylic acids is 2. The largest absolute Gasteiger partial charge is 0.352 e. The summed E-state index contributed by atoms with van der Waals surface area (Å²) in [6.45, 7) is 0.885. The Kier molecular flexibility index (Phi) is 10.4. The van der Waals surface area contributed by atoms with E-state index < -0.39 is 34.5 Å². The van der Waals surface area contributed by atoms with Crippen LogP contribution in [0.5, 0.6) is 0 Å². The van der Waals surface area contributed by atoms with Gasteiger partial charge in [0.15, 0.2) is 0 Å². The molecule has 0 bridgehead atoms. The first kappa shape index (κ1) is 30.1. The van der Waals surface area contributed by atoms with E-state index in [0.29, 0.717) is 19.9 Å².